The second kappa shape index (κ2) is 6.14. The third kappa shape index (κ3) is 2.94. The number of halogens is 1. The molecule has 0 bridgehead atoms. The van der Waals surface area contributed by atoms with E-state index in [1.807, 2.05) is 12.1 Å². The monoisotopic (exact) mass is 327 g/mol. The Bertz CT molecular complexity index is 571. The highest BCUT2D eigenvalue weighted by atomic mass is 79.9. The number of aromatic nitrogens is 2. The molecule has 0 amide bonds. The van der Waals surface area contributed by atoms with E-state index in [2.05, 4.69) is 26.1 Å². The summed E-state index contributed by atoms with van der Waals surface area (Å²) in [6.07, 6.45) is 0. The van der Waals surface area contributed by atoms with Gasteiger partial charge in [0.2, 0.25) is 11.7 Å². The van der Waals surface area contributed by atoms with E-state index in [9.17, 15) is 0 Å². The number of hydrogen-bond donors (Lipinski definition) is 1. The largest absolute Gasteiger partial charge is 0.496 e. The van der Waals surface area contributed by atoms with Crippen molar-refractivity contribution in [3.63, 3.8) is 0 Å². The molecule has 102 valence electrons. The van der Waals surface area contributed by atoms with Crippen molar-refractivity contribution >= 4 is 15.9 Å². The maximum Gasteiger partial charge on any atom is 0.240 e. The first-order chi connectivity index (χ1) is 9.19. The maximum absolute atomic E-state index is 5.47. The van der Waals surface area contributed by atoms with Crippen LogP contribution in [0.2, 0.25) is 0 Å². The van der Waals surface area contributed by atoms with Crippen LogP contribution in [-0.2, 0) is 17.9 Å². The number of hydrogen-bond acceptors (Lipinski definition) is 6. The van der Waals surface area contributed by atoms with Gasteiger partial charge in [-0.05, 0) is 17.7 Å². The summed E-state index contributed by atoms with van der Waals surface area (Å²) in [5, 5.41) is 3.92. The molecule has 7 heteroatoms. The lowest BCUT2D eigenvalue weighted by atomic mass is 10.1. The molecule has 0 radical (unpaired) electrons. The van der Waals surface area contributed by atoms with Gasteiger partial charge in [0.1, 0.15) is 5.75 Å². The van der Waals surface area contributed by atoms with Gasteiger partial charge in [-0.15, -0.1) is 0 Å². The van der Waals surface area contributed by atoms with Crippen LogP contribution in [0.15, 0.2) is 21.1 Å². The molecule has 19 heavy (non-hydrogen) atoms. The van der Waals surface area contributed by atoms with Gasteiger partial charge in [0, 0.05) is 11.6 Å². The fourth-order valence-electron chi connectivity index (χ4n) is 1.76. The van der Waals surface area contributed by atoms with E-state index in [-0.39, 0.29) is 6.54 Å². The van der Waals surface area contributed by atoms with Crippen LogP contribution in [0, 0.1) is 0 Å². The summed E-state index contributed by atoms with van der Waals surface area (Å²) in [6.45, 7) is 0.614. The maximum atomic E-state index is 5.47. The molecule has 2 rings (SSSR count). The average molecular weight is 328 g/mol. The highest BCUT2D eigenvalue weighted by Crippen LogP contribution is 2.35. The normalized spacial score (nSPS) is 10.7. The van der Waals surface area contributed by atoms with Crippen LogP contribution in [0.4, 0.5) is 0 Å². The van der Waals surface area contributed by atoms with E-state index in [0.29, 0.717) is 24.1 Å². The zero-order valence-corrected chi connectivity index (χ0v) is 12.2. The van der Waals surface area contributed by atoms with Crippen molar-refractivity contribution in [3.8, 4) is 17.1 Å². The molecule has 0 aliphatic carbocycles. The third-order valence-corrected chi connectivity index (χ3v) is 2.99. The van der Waals surface area contributed by atoms with Crippen molar-refractivity contribution in [2.24, 2.45) is 5.73 Å². The van der Waals surface area contributed by atoms with Gasteiger partial charge in [0.05, 0.1) is 25.8 Å². The Morgan fingerprint density at radius 3 is 2.74 bits per heavy atom. The molecule has 1 aromatic heterocycles. The minimum atomic E-state index is 0.200. The van der Waals surface area contributed by atoms with Crippen LogP contribution >= 0.6 is 15.9 Å². The fourth-order valence-corrected chi connectivity index (χ4v) is 2.24. The molecule has 2 aromatic rings. The Kier molecular flexibility index (Phi) is 4.52. The first-order valence-electron chi connectivity index (χ1n) is 5.58. The van der Waals surface area contributed by atoms with Gasteiger partial charge < -0.3 is 19.7 Å². The van der Waals surface area contributed by atoms with Crippen LogP contribution < -0.4 is 10.5 Å². The average Bonchev–Trinajstić information content (AvgIpc) is 2.86. The van der Waals surface area contributed by atoms with Gasteiger partial charge in [0.25, 0.3) is 0 Å². The Balaban J connectivity index is 2.57. The minimum absolute atomic E-state index is 0.200. The highest BCUT2D eigenvalue weighted by Gasteiger charge is 2.18. The second-order valence-electron chi connectivity index (χ2n) is 3.79. The zero-order valence-electron chi connectivity index (χ0n) is 10.6. The Morgan fingerprint density at radius 1 is 1.37 bits per heavy atom. The van der Waals surface area contributed by atoms with Crippen molar-refractivity contribution in [1.82, 2.24) is 10.1 Å². The van der Waals surface area contributed by atoms with Crippen LogP contribution in [0.3, 0.4) is 0 Å². The van der Waals surface area contributed by atoms with E-state index in [1.54, 1.807) is 14.2 Å². The Hall–Kier alpha value is -1.44. The molecule has 0 aliphatic rings. The molecule has 0 fully saturated rings. The van der Waals surface area contributed by atoms with Gasteiger partial charge in [-0.25, -0.2) is 0 Å². The predicted octanol–water partition coefficient (Wildman–Crippen LogP) is 2.11. The molecule has 0 saturated carbocycles. The zero-order chi connectivity index (χ0) is 13.8. The Morgan fingerprint density at radius 2 is 2.16 bits per heavy atom. The number of benzene rings is 1. The van der Waals surface area contributed by atoms with Crippen LogP contribution in [0.5, 0.6) is 5.75 Å². The van der Waals surface area contributed by atoms with E-state index in [1.165, 1.54) is 0 Å². The second-order valence-corrected chi connectivity index (χ2v) is 4.71. The summed E-state index contributed by atoms with van der Waals surface area (Å²) in [6, 6.07) is 3.77. The van der Waals surface area contributed by atoms with Crippen molar-refractivity contribution in [2.75, 3.05) is 14.2 Å². The first-order valence-corrected chi connectivity index (χ1v) is 6.37. The van der Waals surface area contributed by atoms with Gasteiger partial charge in [-0.2, -0.15) is 4.98 Å². The molecule has 2 N–H and O–H groups in total. The molecule has 6 nitrogen and oxygen atoms in total. The van der Waals surface area contributed by atoms with Crippen molar-refractivity contribution in [1.29, 1.82) is 0 Å². The molecule has 1 heterocycles. The van der Waals surface area contributed by atoms with E-state index >= 15 is 0 Å². The standard InChI is InChI=1S/C12H14BrN3O3/c1-17-6-7-3-8(13)4-9(18-2)11(7)12-15-10(5-14)19-16-12/h3-4H,5-6,14H2,1-2H3. The Labute approximate surface area is 119 Å². The SMILES string of the molecule is COCc1cc(Br)cc(OC)c1-c1noc(CN)n1. The number of nitrogens with zero attached hydrogens (tertiary/aromatic N) is 2. The minimum Gasteiger partial charge on any atom is -0.496 e. The van der Waals surface area contributed by atoms with Gasteiger partial charge >= 0.3 is 0 Å². The van der Waals surface area contributed by atoms with Gasteiger partial charge in [0.15, 0.2) is 0 Å². The van der Waals surface area contributed by atoms with Crippen LogP contribution in [0.1, 0.15) is 11.5 Å². The number of ether oxygens (including phenoxy) is 2. The van der Waals surface area contributed by atoms with Crippen LogP contribution in [-0.4, -0.2) is 24.4 Å². The summed E-state index contributed by atoms with van der Waals surface area (Å²) < 4.78 is 16.5. The smallest absolute Gasteiger partial charge is 0.240 e. The molecule has 0 aliphatic heterocycles. The summed E-state index contributed by atoms with van der Waals surface area (Å²) in [5.74, 6) is 1.46. The fraction of sp³-hybridized carbons (Fsp3) is 0.333. The molecule has 0 saturated heterocycles. The quantitative estimate of drug-likeness (QED) is 0.905. The van der Waals surface area contributed by atoms with Crippen molar-refractivity contribution in [2.45, 2.75) is 13.2 Å². The molecule has 1 aromatic carbocycles. The third-order valence-electron chi connectivity index (χ3n) is 2.53. The topological polar surface area (TPSA) is 83.4 Å². The van der Waals surface area contributed by atoms with E-state index < -0.39 is 0 Å². The summed E-state index contributed by atoms with van der Waals surface area (Å²) in [5.41, 5.74) is 7.12. The van der Waals surface area contributed by atoms with Crippen molar-refractivity contribution in [3.05, 3.63) is 28.1 Å². The predicted molar refractivity (Wildman–Crippen MR) is 72.6 cm³/mol. The van der Waals surface area contributed by atoms with E-state index in [4.69, 9.17) is 19.7 Å². The lowest BCUT2D eigenvalue weighted by Gasteiger charge is -2.11. The molecule has 0 atom stereocenters. The number of nitrogens with two attached hydrogens (primary N) is 1. The summed E-state index contributed by atoms with van der Waals surface area (Å²) >= 11 is 3.43. The number of rotatable bonds is 5. The summed E-state index contributed by atoms with van der Waals surface area (Å²) in [7, 11) is 3.21. The van der Waals surface area contributed by atoms with Gasteiger partial charge in [-0.3, -0.25) is 0 Å². The van der Waals surface area contributed by atoms with Crippen molar-refractivity contribution < 1.29 is 14.0 Å². The van der Waals surface area contributed by atoms with E-state index in [0.717, 1.165) is 15.6 Å². The highest BCUT2D eigenvalue weighted by molar-refractivity contribution is 9.10. The molecular formula is C12H14BrN3O3. The molecule has 0 spiro atoms. The molecular weight excluding hydrogens is 314 g/mol. The number of methoxy groups -OCH3 is 2. The van der Waals surface area contributed by atoms with Crippen LogP contribution in [0.25, 0.3) is 11.4 Å². The lowest BCUT2D eigenvalue weighted by Crippen LogP contribution is -1.99. The molecule has 0 unspecified atom stereocenters. The first kappa shape index (κ1) is 14.0. The van der Waals surface area contributed by atoms with Gasteiger partial charge in [-0.1, -0.05) is 21.1 Å². The lowest BCUT2D eigenvalue weighted by molar-refractivity contribution is 0.185. The summed E-state index contributed by atoms with van der Waals surface area (Å²) in [4.78, 5) is 4.23.